The highest BCUT2D eigenvalue weighted by molar-refractivity contribution is 9.10. The Morgan fingerprint density at radius 2 is 1.90 bits per heavy atom. The molecule has 20 heavy (non-hydrogen) atoms. The van der Waals surface area contributed by atoms with Gasteiger partial charge in [0.05, 0.1) is 0 Å². The lowest BCUT2D eigenvalue weighted by atomic mass is 10.0. The second-order valence-electron chi connectivity index (χ2n) is 4.80. The summed E-state index contributed by atoms with van der Waals surface area (Å²) in [5.74, 6) is 0.0717. The van der Waals surface area contributed by atoms with Gasteiger partial charge in [-0.1, -0.05) is 53.2 Å². The number of aryl methyl sites for hydroxylation is 1. The fourth-order valence-corrected chi connectivity index (χ4v) is 2.67. The van der Waals surface area contributed by atoms with Gasteiger partial charge in [0, 0.05) is 23.6 Å². The Hall–Kier alpha value is -1.61. The van der Waals surface area contributed by atoms with Crippen LogP contribution in [-0.2, 0) is 13.0 Å². The molecule has 2 nitrogen and oxygen atoms in total. The first-order chi connectivity index (χ1) is 9.61. The molecule has 2 rings (SSSR count). The molecule has 0 bridgehead atoms. The van der Waals surface area contributed by atoms with Gasteiger partial charge in [-0.3, -0.25) is 4.79 Å². The lowest BCUT2D eigenvalue weighted by Crippen LogP contribution is -2.27. The Labute approximate surface area is 128 Å². The summed E-state index contributed by atoms with van der Waals surface area (Å²) in [5, 5.41) is 0. The molecule has 0 aliphatic rings. The monoisotopic (exact) mass is 331 g/mol. The SMILES string of the molecule is CCc1ccccc1C(=O)N(C)Cc1cccc(Br)c1. The lowest BCUT2D eigenvalue weighted by Gasteiger charge is -2.19. The summed E-state index contributed by atoms with van der Waals surface area (Å²) in [6.45, 7) is 2.68. The predicted molar refractivity (Wildman–Crippen MR) is 85.8 cm³/mol. The molecule has 3 heteroatoms. The van der Waals surface area contributed by atoms with Crippen LogP contribution < -0.4 is 0 Å². The highest BCUT2D eigenvalue weighted by Crippen LogP contribution is 2.16. The van der Waals surface area contributed by atoms with Crippen molar-refractivity contribution in [1.29, 1.82) is 0 Å². The molecule has 0 fully saturated rings. The number of halogens is 1. The third kappa shape index (κ3) is 3.48. The van der Waals surface area contributed by atoms with Crippen molar-refractivity contribution >= 4 is 21.8 Å². The first-order valence-electron chi connectivity index (χ1n) is 6.69. The molecule has 0 aliphatic heterocycles. The molecule has 0 aliphatic carbocycles. The van der Waals surface area contributed by atoms with E-state index in [2.05, 4.69) is 22.9 Å². The first-order valence-corrected chi connectivity index (χ1v) is 7.49. The third-order valence-electron chi connectivity index (χ3n) is 3.28. The molecule has 2 aromatic carbocycles. The highest BCUT2D eigenvalue weighted by Gasteiger charge is 2.14. The summed E-state index contributed by atoms with van der Waals surface area (Å²) >= 11 is 3.45. The van der Waals surface area contributed by atoms with Crippen LogP contribution in [0.15, 0.2) is 53.0 Å². The molecular formula is C17H18BrNO. The van der Waals surface area contributed by atoms with E-state index in [9.17, 15) is 4.79 Å². The average molecular weight is 332 g/mol. The zero-order valence-electron chi connectivity index (χ0n) is 11.8. The summed E-state index contributed by atoms with van der Waals surface area (Å²) < 4.78 is 1.03. The quantitative estimate of drug-likeness (QED) is 0.818. The number of amides is 1. The minimum Gasteiger partial charge on any atom is -0.337 e. The maximum atomic E-state index is 12.5. The number of nitrogens with zero attached hydrogens (tertiary/aromatic N) is 1. The van der Waals surface area contributed by atoms with Crippen LogP contribution in [0.25, 0.3) is 0 Å². The molecule has 0 saturated heterocycles. The van der Waals surface area contributed by atoms with E-state index in [1.165, 1.54) is 0 Å². The first kappa shape index (κ1) is 14.8. The van der Waals surface area contributed by atoms with Crippen LogP contribution in [0.1, 0.15) is 28.4 Å². The van der Waals surface area contributed by atoms with Gasteiger partial charge in [0.25, 0.3) is 5.91 Å². The van der Waals surface area contributed by atoms with Crippen molar-refractivity contribution in [1.82, 2.24) is 4.90 Å². The van der Waals surface area contributed by atoms with Crippen LogP contribution in [0, 0.1) is 0 Å². The van der Waals surface area contributed by atoms with Crippen LogP contribution in [0.5, 0.6) is 0 Å². The number of hydrogen-bond donors (Lipinski definition) is 0. The van der Waals surface area contributed by atoms with Gasteiger partial charge in [-0.25, -0.2) is 0 Å². The molecule has 104 valence electrons. The molecule has 0 atom stereocenters. The summed E-state index contributed by atoms with van der Waals surface area (Å²) in [4.78, 5) is 14.3. The molecule has 0 unspecified atom stereocenters. The summed E-state index contributed by atoms with van der Waals surface area (Å²) in [6, 6.07) is 15.8. The number of benzene rings is 2. The molecule has 0 saturated carbocycles. The van der Waals surface area contributed by atoms with E-state index < -0.39 is 0 Å². The van der Waals surface area contributed by atoms with Gasteiger partial charge < -0.3 is 4.90 Å². The molecule has 0 aromatic heterocycles. The van der Waals surface area contributed by atoms with E-state index in [0.717, 1.165) is 27.6 Å². The van der Waals surface area contributed by atoms with E-state index in [-0.39, 0.29) is 5.91 Å². The Morgan fingerprint density at radius 3 is 2.60 bits per heavy atom. The van der Waals surface area contributed by atoms with E-state index in [4.69, 9.17) is 0 Å². The van der Waals surface area contributed by atoms with Gasteiger partial charge in [0.2, 0.25) is 0 Å². The molecule has 0 heterocycles. The van der Waals surface area contributed by atoms with Crippen LogP contribution >= 0.6 is 15.9 Å². The molecule has 1 amide bonds. The van der Waals surface area contributed by atoms with Crippen molar-refractivity contribution in [2.75, 3.05) is 7.05 Å². The maximum Gasteiger partial charge on any atom is 0.254 e. The zero-order valence-corrected chi connectivity index (χ0v) is 13.4. The van der Waals surface area contributed by atoms with E-state index in [1.54, 1.807) is 4.90 Å². The Morgan fingerprint density at radius 1 is 1.15 bits per heavy atom. The van der Waals surface area contributed by atoms with Crippen LogP contribution in [0.4, 0.5) is 0 Å². The van der Waals surface area contributed by atoms with Crippen molar-refractivity contribution < 1.29 is 4.79 Å². The van der Waals surface area contributed by atoms with E-state index >= 15 is 0 Å². The Kier molecular flexibility index (Phi) is 4.96. The second-order valence-corrected chi connectivity index (χ2v) is 5.72. The molecular weight excluding hydrogens is 314 g/mol. The number of carbonyl (C=O) groups is 1. The van der Waals surface area contributed by atoms with Crippen molar-refractivity contribution in [3.63, 3.8) is 0 Å². The topological polar surface area (TPSA) is 20.3 Å². The largest absolute Gasteiger partial charge is 0.337 e. The van der Waals surface area contributed by atoms with Crippen LogP contribution in [0.2, 0.25) is 0 Å². The summed E-state index contributed by atoms with van der Waals surface area (Å²) in [6.07, 6.45) is 0.868. The smallest absolute Gasteiger partial charge is 0.254 e. The molecule has 0 spiro atoms. The standard InChI is InChI=1S/C17H18BrNO/c1-3-14-8-4-5-10-16(14)17(20)19(2)12-13-7-6-9-15(18)11-13/h4-11H,3,12H2,1-2H3. The second kappa shape index (κ2) is 6.71. The molecule has 0 N–H and O–H groups in total. The zero-order chi connectivity index (χ0) is 14.5. The van der Waals surface area contributed by atoms with E-state index in [0.29, 0.717) is 6.54 Å². The maximum absolute atomic E-state index is 12.5. The van der Waals surface area contributed by atoms with E-state index in [1.807, 2.05) is 55.6 Å². The highest BCUT2D eigenvalue weighted by atomic mass is 79.9. The lowest BCUT2D eigenvalue weighted by molar-refractivity contribution is 0.0784. The molecule has 0 radical (unpaired) electrons. The summed E-state index contributed by atoms with van der Waals surface area (Å²) in [5.41, 5.74) is 3.01. The predicted octanol–water partition coefficient (Wildman–Crippen LogP) is 4.28. The minimum atomic E-state index is 0.0717. The van der Waals surface area contributed by atoms with Gasteiger partial charge >= 0.3 is 0 Å². The number of rotatable bonds is 4. The van der Waals surface area contributed by atoms with Crippen molar-refractivity contribution in [3.8, 4) is 0 Å². The van der Waals surface area contributed by atoms with Crippen molar-refractivity contribution in [2.24, 2.45) is 0 Å². The van der Waals surface area contributed by atoms with Gasteiger partial charge in [0.1, 0.15) is 0 Å². The summed E-state index contributed by atoms with van der Waals surface area (Å²) in [7, 11) is 1.84. The Balaban J connectivity index is 2.16. The van der Waals surface area contributed by atoms with Crippen molar-refractivity contribution in [3.05, 3.63) is 69.7 Å². The average Bonchev–Trinajstić information content (AvgIpc) is 2.46. The normalized spacial score (nSPS) is 10.3. The van der Waals surface area contributed by atoms with Gasteiger partial charge in [-0.15, -0.1) is 0 Å². The molecule has 2 aromatic rings. The number of hydrogen-bond acceptors (Lipinski definition) is 1. The fraction of sp³-hybridized carbons (Fsp3) is 0.235. The van der Waals surface area contributed by atoms with Crippen LogP contribution in [-0.4, -0.2) is 17.9 Å². The minimum absolute atomic E-state index is 0.0717. The number of carbonyl (C=O) groups excluding carboxylic acids is 1. The fourth-order valence-electron chi connectivity index (χ4n) is 2.22. The van der Waals surface area contributed by atoms with Gasteiger partial charge in [0.15, 0.2) is 0 Å². The van der Waals surface area contributed by atoms with Crippen LogP contribution in [0.3, 0.4) is 0 Å². The Bertz CT molecular complexity index is 609. The van der Waals surface area contributed by atoms with Gasteiger partial charge in [-0.2, -0.15) is 0 Å². The van der Waals surface area contributed by atoms with Gasteiger partial charge in [-0.05, 0) is 35.7 Å². The van der Waals surface area contributed by atoms with Crippen molar-refractivity contribution in [2.45, 2.75) is 19.9 Å². The third-order valence-corrected chi connectivity index (χ3v) is 3.78.